The van der Waals surface area contributed by atoms with E-state index in [-0.39, 0.29) is 0 Å². The van der Waals surface area contributed by atoms with Gasteiger partial charge in [-0.2, -0.15) is 0 Å². The highest BCUT2D eigenvalue weighted by Gasteiger charge is 2.50. The fourth-order valence-electron chi connectivity index (χ4n) is 2.83. The molecule has 0 aliphatic carbocycles. The van der Waals surface area contributed by atoms with Crippen molar-refractivity contribution in [1.82, 2.24) is 0 Å². The minimum Gasteiger partial charge on any atom is -0.479 e. The van der Waals surface area contributed by atoms with E-state index in [9.17, 15) is 25.2 Å². The van der Waals surface area contributed by atoms with E-state index in [1.165, 1.54) is 6.92 Å². The van der Waals surface area contributed by atoms with Gasteiger partial charge in [0, 0.05) is 5.92 Å². The van der Waals surface area contributed by atoms with Crippen LogP contribution in [0, 0.1) is 5.92 Å². The predicted octanol–water partition coefficient (Wildman–Crippen LogP) is -3.35. The highest BCUT2D eigenvalue weighted by Crippen LogP contribution is 2.31. The highest BCUT2D eigenvalue weighted by atomic mass is 16.7. The number of aliphatic hydroxyl groups is 5. The molecule has 0 saturated carbocycles. The molecule has 0 spiro atoms. The SMILES string of the molecule is C[C@@H]1C(C(=O)O)O[C@@H](O[C@@H]2C(CO)O[C@H](CO)C2O)C(O)C1O. The van der Waals surface area contributed by atoms with Gasteiger partial charge in [0.1, 0.15) is 30.5 Å². The van der Waals surface area contributed by atoms with Crippen LogP contribution in [0.3, 0.4) is 0 Å². The Bertz CT molecular complexity index is 416. The van der Waals surface area contributed by atoms with Crippen molar-refractivity contribution >= 4 is 5.97 Å². The summed E-state index contributed by atoms with van der Waals surface area (Å²) in [4.78, 5) is 11.2. The Kier molecular flexibility index (Phi) is 5.92. The lowest BCUT2D eigenvalue weighted by Crippen LogP contribution is -2.58. The second-order valence-electron chi connectivity index (χ2n) is 5.77. The summed E-state index contributed by atoms with van der Waals surface area (Å²) in [5, 5.41) is 57.4. The normalized spacial score (nSPS) is 47.7. The van der Waals surface area contributed by atoms with Crippen LogP contribution in [0.15, 0.2) is 0 Å². The van der Waals surface area contributed by atoms with Gasteiger partial charge < -0.3 is 44.8 Å². The molecule has 2 aliphatic heterocycles. The molecule has 0 aromatic heterocycles. The molecule has 6 N–H and O–H groups in total. The van der Waals surface area contributed by atoms with Gasteiger partial charge in [-0.3, -0.25) is 0 Å². The molecule has 10 heteroatoms. The van der Waals surface area contributed by atoms with Gasteiger partial charge in [0.2, 0.25) is 0 Å². The number of aliphatic hydroxyl groups excluding tert-OH is 5. The smallest absolute Gasteiger partial charge is 0.333 e. The van der Waals surface area contributed by atoms with Crippen molar-refractivity contribution in [3.63, 3.8) is 0 Å². The molecule has 0 radical (unpaired) electrons. The standard InChI is InChI=1S/C13H22O10/c1-4-7(16)9(18)13(22-10(4)12(19)20)23-11-6(3-15)21-5(2-14)8(11)17/h4-11,13-18H,2-3H2,1H3,(H,19,20)/t4-,5+,6?,7?,8?,9?,10?,11+,13-/m0/s1. The van der Waals surface area contributed by atoms with Crippen LogP contribution >= 0.6 is 0 Å². The summed E-state index contributed by atoms with van der Waals surface area (Å²) in [6.07, 6.45) is -10.3. The van der Waals surface area contributed by atoms with Crippen molar-refractivity contribution in [2.75, 3.05) is 13.2 Å². The van der Waals surface area contributed by atoms with Gasteiger partial charge in [-0.25, -0.2) is 4.79 Å². The van der Waals surface area contributed by atoms with Crippen LogP contribution in [0.4, 0.5) is 0 Å². The average molecular weight is 338 g/mol. The van der Waals surface area contributed by atoms with Crippen molar-refractivity contribution < 1.29 is 49.6 Å². The maximum Gasteiger partial charge on any atom is 0.333 e. The zero-order valence-corrected chi connectivity index (χ0v) is 12.4. The molecule has 2 aliphatic rings. The number of aliphatic carboxylic acids is 1. The maximum absolute atomic E-state index is 11.2. The van der Waals surface area contributed by atoms with Crippen molar-refractivity contribution in [2.24, 2.45) is 5.92 Å². The first-order valence-electron chi connectivity index (χ1n) is 7.26. The van der Waals surface area contributed by atoms with Gasteiger partial charge in [-0.1, -0.05) is 6.92 Å². The first-order chi connectivity index (χ1) is 10.8. The van der Waals surface area contributed by atoms with Crippen molar-refractivity contribution in [2.45, 2.75) is 55.9 Å². The van der Waals surface area contributed by atoms with Gasteiger partial charge in [0.15, 0.2) is 12.4 Å². The van der Waals surface area contributed by atoms with E-state index in [0.717, 1.165) is 0 Å². The van der Waals surface area contributed by atoms with Gasteiger partial charge in [-0.05, 0) is 0 Å². The van der Waals surface area contributed by atoms with E-state index in [2.05, 4.69) is 0 Å². The van der Waals surface area contributed by atoms with Crippen molar-refractivity contribution in [1.29, 1.82) is 0 Å². The third-order valence-corrected chi connectivity index (χ3v) is 4.25. The van der Waals surface area contributed by atoms with E-state index in [0.29, 0.717) is 0 Å². The lowest BCUT2D eigenvalue weighted by molar-refractivity contribution is -0.301. The lowest BCUT2D eigenvalue weighted by atomic mass is 9.90. The van der Waals surface area contributed by atoms with Crippen molar-refractivity contribution in [3.8, 4) is 0 Å². The summed E-state index contributed by atoms with van der Waals surface area (Å²) in [6.45, 7) is 0.375. The molecule has 2 saturated heterocycles. The Labute approximate surface area is 131 Å². The molecule has 0 amide bonds. The second kappa shape index (κ2) is 7.36. The number of ether oxygens (including phenoxy) is 3. The predicted molar refractivity (Wildman–Crippen MR) is 71.2 cm³/mol. The Morgan fingerprint density at radius 1 is 1.00 bits per heavy atom. The Balaban J connectivity index is 2.12. The molecule has 0 aromatic rings. The van der Waals surface area contributed by atoms with Gasteiger partial charge >= 0.3 is 5.97 Å². The summed E-state index contributed by atoms with van der Waals surface area (Å²) in [5.41, 5.74) is 0. The summed E-state index contributed by atoms with van der Waals surface area (Å²) >= 11 is 0. The van der Waals surface area contributed by atoms with E-state index in [1.807, 2.05) is 0 Å². The maximum atomic E-state index is 11.2. The molecular formula is C13H22O10. The first-order valence-corrected chi connectivity index (χ1v) is 7.26. The van der Waals surface area contributed by atoms with Crippen LogP contribution in [0.25, 0.3) is 0 Å². The van der Waals surface area contributed by atoms with E-state index in [4.69, 9.17) is 24.4 Å². The lowest BCUT2D eigenvalue weighted by Gasteiger charge is -2.40. The van der Waals surface area contributed by atoms with Crippen molar-refractivity contribution in [3.05, 3.63) is 0 Å². The molecule has 0 bridgehead atoms. The quantitative estimate of drug-likeness (QED) is 0.298. The monoisotopic (exact) mass is 338 g/mol. The van der Waals surface area contributed by atoms with Gasteiger partial charge in [-0.15, -0.1) is 0 Å². The summed E-state index contributed by atoms with van der Waals surface area (Å²) < 4.78 is 15.7. The van der Waals surface area contributed by atoms with Crippen LogP contribution < -0.4 is 0 Å². The molecule has 9 atom stereocenters. The molecule has 10 nitrogen and oxygen atoms in total. The summed E-state index contributed by atoms with van der Waals surface area (Å²) in [5.74, 6) is -2.20. The van der Waals surface area contributed by atoms with Gasteiger partial charge in [0.05, 0.1) is 19.3 Å². The Morgan fingerprint density at radius 2 is 1.61 bits per heavy atom. The van der Waals surface area contributed by atoms with E-state index in [1.54, 1.807) is 0 Å². The summed E-state index contributed by atoms with van der Waals surface area (Å²) in [6, 6.07) is 0. The molecular weight excluding hydrogens is 316 g/mol. The fourth-order valence-corrected chi connectivity index (χ4v) is 2.83. The van der Waals surface area contributed by atoms with Crippen LogP contribution in [0.1, 0.15) is 6.92 Å². The van der Waals surface area contributed by atoms with Crippen LogP contribution in [-0.2, 0) is 19.0 Å². The summed E-state index contributed by atoms with van der Waals surface area (Å²) in [7, 11) is 0. The zero-order valence-electron chi connectivity index (χ0n) is 12.4. The number of hydrogen-bond donors (Lipinski definition) is 6. The second-order valence-corrected chi connectivity index (χ2v) is 5.77. The minimum absolute atomic E-state index is 0.511. The number of carboxylic acid groups (broad SMARTS) is 1. The van der Waals surface area contributed by atoms with E-state index >= 15 is 0 Å². The Hall–Kier alpha value is -0.850. The highest BCUT2D eigenvalue weighted by molar-refractivity contribution is 5.73. The minimum atomic E-state index is -1.54. The molecule has 2 heterocycles. The van der Waals surface area contributed by atoms with Crippen LogP contribution in [0.5, 0.6) is 0 Å². The van der Waals surface area contributed by atoms with Gasteiger partial charge in [0.25, 0.3) is 0 Å². The number of carboxylic acids is 1. The molecule has 5 unspecified atom stereocenters. The molecule has 2 fully saturated rings. The molecule has 2 rings (SSSR count). The topological polar surface area (TPSA) is 166 Å². The molecule has 23 heavy (non-hydrogen) atoms. The number of rotatable bonds is 5. The van der Waals surface area contributed by atoms with Crippen LogP contribution in [0.2, 0.25) is 0 Å². The Morgan fingerprint density at radius 3 is 2.13 bits per heavy atom. The third-order valence-electron chi connectivity index (χ3n) is 4.25. The fraction of sp³-hybridized carbons (Fsp3) is 0.923. The largest absolute Gasteiger partial charge is 0.479 e. The molecule has 0 aromatic carbocycles. The average Bonchev–Trinajstić information content (AvgIpc) is 2.83. The van der Waals surface area contributed by atoms with Crippen LogP contribution in [-0.4, -0.2) is 98.8 Å². The third kappa shape index (κ3) is 3.49. The number of carbonyl (C=O) groups is 1. The zero-order chi connectivity index (χ0) is 17.3. The van der Waals surface area contributed by atoms with E-state index < -0.39 is 74.1 Å². The first kappa shape index (κ1) is 18.5. The molecule has 134 valence electrons. The number of hydrogen-bond acceptors (Lipinski definition) is 9.